The van der Waals surface area contributed by atoms with Gasteiger partial charge in [-0.05, 0) is 25.5 Å². The molecule has 0 bridgehead atoms. The lowest BCUT2D eigenvalue weighted by Crippen LogP contribution is -2.42. The normalized spacial score (nSPS) is 34.0. The van der Waals surface area contributed by atoms with Crippen molar-refractivity contribution >= 4 is 28.5 Å². The van der Waals surface area contributed by atoms with E-state index in [0.29, 0.717) is 6.42 Å². The predicted octanol–water partition coefficient (Wildman–Crippen LogP) is 1.07. The molecule has 1 amide bonds. The van der Waals surface area contributed by atoms with E-state index < -0.39 is 27.8 Å². The average Bonchev–Trinajstić information content (AvgIpc) is 3.10. The third-order valence-corrected chi connectivity index (χ3v) is 5.55. The first kappa shape index (κ1) is 14.1. The van der Waals surface area contributed by atoms with Gasteiger partial charge >= 0.3 is 0 Å². The molecule has 0 unspecified atom stereocenters. The number of hydrogen-bond acceptors (Lipinski definition) is 5. The van der Waals surface area contributed by atoms with Crippen molar-refractivity contribution in [1.29, 1.82) is 0 Å². The van der Waals surface area contributed by atoms with Crippen LogP contribution in [0.2, 0.25) is 0 Å². The Kier molecular flexibility index (Phi) is 2.75. The highest BCUT2D eigenvalue weighted by Crippen LogP contribution is 2.65. The van der Waals surface area contributed by atoms with Crippen molar-refractivity contribution in [3.8, 4) is 0 Å². The van der Waals surface area contributed by atoms with E-state index in [4.69, 9.17) is 17.2 Å². The first-order valence-corrected chi connectivity index (χ1v) is 7.11. The third-order valence-electron chi connectivity index (χ3n) is 4.23. The van der Waals surface area contributed by atoms with Crippen LogP contribution in [0.5, 0.6) is 0 Å². The smallest absolute Gasteiger partial charge is 0.234 e. The molecule has 3 atom stereocenters. The summed E-state index contributed by atoms with van der Waals surface area (Å²) < 4.78 is 26.9. The van der Waals surface area contributed by atoms with Crippen LogP contribution < -0.4 is 17.2 Å². The third kappa shape index (κ3) is 1.81. The number of fused-ring (bicyclic) bond motifs is 1. The minimum atomic E-state index is -1.16. The number of thioether (sulfide) groups is 1. The maximum Gasteiger partial charge on any atom is 0.234 e. The number of nitrogen functional groups attached to an aromatic ring is 1. The van der Waals surface area contributed by atoms with Crippen molar-refractivity contribution in [2.45, 2.75) is 23.6 Å². The van der Waals surface area contributed by atoms with Gasteiger partial charge in [0.1, 0.15) is 4.75 Å². The fourth-order valence-electron chi connectivity index (χ4n) is 3.07. The second-order valence-electron chi connectivity index (χ2n) is 5.57. The average molecular weight is 312 g/mol. The van der Waals surface area contributed by atoms with Crippen LogP contribution in [0, 0.1) is 17.6 Å². The zero-order valence-corrected chi connectivity index (χ0v) is 12.0. The molecule has 0 radical (unpaired) electrons. The molecule has 1 saturated carbocycles. The summed E-state index contributed by atoms with van der Waals surface area (Å²) in [7, 11) is 0. The van der Waals surface area contributed by atoms with E-state index >= 15 is 0 Å². The van der Waals surface area contributed by atoms with Crippen LogP contribution >= 0.6 is 11.8 Å². The summed E-state index contributed by atoms with van der Waals surface area (Å²) in [4.78, 5) is 16.0. The Labute approximate surface area is 124 Å². The van der Waals surface area contributed by atoms with Crippen molar-refractivity contribution in [2.75, 3.05) is 5.73 Å². The van der Waals surface area contributed by atoms with Crippen molar-refractivity contribution in [3.05, 3.63) is 29.3 Å². The quantitative estimate of drug-likeness (QED) is 0.710. The molecular formula is C13H14F2N4OS. The van der Waals surface area contributed by atoms with Crippen molar-refractivity contribution in [3.63, 3.8) is 0 Å². The number of primary amides is 1. The van der Waals surface area contributed by atoms with Crippen molar-refractivity contribution in [1.82, 2.24) is 0 Å². The number of rotatable bonds is 2. The number of carbonyl (C=O) groups excluding carboxylic acids is 1. The standard InChI is InChI=1S/C13H14F2N4OS/c1-12(6-2-5(16)3-7(14)9(6)15)8-4-13(8,10(17)20)21-11(18)19-12/h2-3,8H,4,16H2,1H3,(H2,17,20)(H2,18,19)/t8-,12+,13-/m0/s1. The number of nitrogens with zero attached hydrogens (tertiary/aromatic N) is 1. The van der Waals surface area contributed by atoms with Gasteiger partial charge < -0.3 is 17.2 Å². The first-order chi connectivity index (χ1) is 9.70. The number of halogens is 2. The van der Waals surface area contributed by atoms with Crippen LogP contribution in [0.4, 0.5) is 14.5 Å². The number of amides is 1. The Balaban J connectivity index is 2.18. The summed E-state index contributed by atoms with van der Waals surface area (Å²) in [6.07, 6.45) is 0.420. The van der Waals surface area contributed by atoms with Gasteiger partial charge in [0.2, 0.25) is 5.91 Å². The van der Waals surface area contributed by atoms with E-state index in [2.05, 4.69) is 4.99 Å². The van der Waals surface area contributed by atoms with E-state index in [1.807, 2.05) is 0 Å². The summed E-state index contributed by atoms with van der Waals surface area (Å²) in [5.41, 5.74) is 15.7. The Bertz CT molecular complexity index is 695. The molecule has 8 heteroatoms. The first-order valence-electron chi connectivity index (χ1n) is 6.30. The van der Waals surface area contributed by atoms with Gasteiger partial charge in [-0.15, -0.1) is 0 Å². The molecule has 1 fully saturated rings. The second-order valence-corrected chi connectivity index (χ2v) is 6.93. The van der Waals surface area contributed by atoms with Crippen LogP contribution in [-0.2, 0) is 10.3 Å². The van der Waals surface area contributed by atoms with Crippen LogP contribution in [0.25, 0.3) is 0 Å². The van der Waals surface area contributed by atoms with E-state index in [1.54, 1.807) is 6.92 Å². The molecule has 1 aromatic carbocycles. The zero-order valence-electron chi connectivity index (χ0n) is 11.2. The van der Waals surface area contributed by atoms with Crippen LogP contribution in [-0.4, -0.2) is 15.8 Å². The summed E-state index contributed by atoms with van der Waals surface area (Å²) in [5.74, 6) is -2.94. The number of anilines is 1. The molecule has 1 aromatic rings. The maximum absolute atomic E-state index is 14.2. The SMILES string of the molecule is C[C@]1(c2cc(N)cc(F)c2F)N=C(N)S[C@@]2(C(N)=O)C[C@H]21. The molecule has 1 aliphatic heterocycles. The van der Waals surface area contributed by atoms with E-state index in [9.17, 15) is 13.6 Å². The topological polar surface area (TPSA) is 107 Å². The maximum atomic E-state index is 14.2. The number of nitrogens with two attached hydrogens (primary N) is 3. The Morgan fingerprint density at radius 1 is 1.43 bits per heavy atom. The number of hydrogen-bond donors (Lipinski definition) is 3. The molecule has 6 N–H and O–H groups in total. The van der Waals surface area contributed by atoms with Gasteiger partial charge in [-0.2, -0.15) is 0 Å². The lowest BCUT2D eigenvalue weighted by Gasteiger charge is -2.33. The largest absolute Gasteiger partial charge is 0.399 e. The molecule has 2 aliphatic rings. The monoisotopic (exact) mass is 312 g/mol. The molecule has 5 nitrogen and oxygen atoms in total. The number of carbonyl (C=O) groups is 1. The fourth-order valence-corrected chi connectivity index (χ4v) is 4.41. The summed E-state index contributed by atoms with van der Waals surface area (Å²) in [5, 5.41) is 0.132. The molecule has 0 saturated heterocycles. The van der Waals surface area contributed by atoms with Gasteiger partial charge in [-0.25, -0.2) is 8.78 Å². The van der Waals surface area contributed by atoms with E-state index in [-0.39, 0.29) is 22.3 Å². The highest BCUT2D eigenvalue weighted by Gasteiger charge is 2.70. The van der Waals surface area contributed by atoms with Gasteiger partial charge in [0.15, 0.2) is 16.8 Å². The lowest BCUT2D eigenvalue weighted by molar-refractivity contribution is -0.118. The van der Waals surface area contributed by atoms with Crippen molar-refractivity contribution < 1.29 is 13.6 Å². The van der Waals surface area contributed by atoms with E-state index in [1.165, 1.54) is 6.07 Å². The molecular weight excluding hydrogens is 298 g/mol. The van der Waals surface area contributed by atoms with Gasteiger partial charge in [0, 0.05) is 17.2 Å². The highest BCUT2D eigenvalue weighted by atomic mass is 32.2. The number of amidine groups is 1. The van der Waals surface area contributed by atoms with Gasteiger partial charge in [-0.3, -0.25) is 9.79 Å². The molecule has 1 aliphatic carbocycles. The fraction of sp³-hybridized carbons (Fsp3) is 0.385. The van der Waals surface area contributed by atoms with Gasteiger partial charge in [0.25, 0.3) is 0 Å². The number of benzene rings is 1. The molecule has 0 aromatic heterocycles. The molecule has 1 heterocycles. The Morgan fingerprint density at radius 3 is 2.71 bits per heavy atom. The second kappa shape index (κ2) is 4.09. The summed E-state index contributed by atoms with van der Waals surface area (Å²) >= 11 is 1.09. The minimum absolute atomic E-state index is 0.00336. The molecule has 112 valence electrons. The van der Waals surface area contributed by atoms with Crippen molar-refractivity contribution in [2.24, 2.45) is 22.4 Å². The minimum Gasteiger partial charge on any atom is -0.399 e. The van der Waals surface area contributed by atoms with Gasteiger partial charge in [0.05, 0.1) is 5.54 Å². The Hall–Kier alpha value is -1.83. The van der Waals surface area contributed by atoms with Crippen LogP contribution in [0.15, 0.2) is 17.1 Å². The summed E-state index contributed by atoms with van der Waals surface area (Å²) in [6.45, 7) is 1.62. The summed E-state index contributed by atoms with van der Waals surface area (Å²) in [6, 6.07) is 2.23. The zero-order chi connectivity index (χ0) is 15.6. The molecule has 21 heavy (non-hydrogen) atoms. The van der Waals surface area contributed by atoms with Gasteiger partial charge in [-0.1, -0.05) is 11.8 Å². The molecule has 3 rings (SSSR count). The Morgan fingerprint density at radius 2 is 2.10 bits per heavy atom. The van der Waals surface area contributed by atoms with Crippen LogP contribution in [0.1, 0.15) is 18.9 Å². The number of aliphatic imine (C=N–C) groups is 1. The lowest BCUT2D eigenvalue weighted by atomic mass is 9.85. The highest BCUT2D eigenvalue weighted by molar-refractivity contribution is 8.15. The predicted molar refractivity (Wildman–Crippen MR) is 77.4 cm³/mol. The van der Waals surface area contributed by atoms with E-state index in [0.717, 1.165) is 17.8 Å². The molecule has 0 spiro atoms. The van der Waals surface area contributed by atoms with Crippen LogP contribution in [0.3, 0.4) is 0 Å².